The van der Waals surface area contributed by atoms with Crippen LogP contribution in [-0.4, -0.2) is 46.2 Å². The molecule has 2 aromatic rings. The SMILES string of the molecule is CC(C)(C)OC(=O)/C=C\CN(Cc1ccccc1)[C@H](CC(C(=O)OC(C)(C)C)C(=O)OC(C)(C)C)c1ccc(Cl)cc1. The van der Waals surface area contributed by atoms with Crippen LogP contribution < -0.4 is 0 Å². The van der Waals surface area contributed by atoms with Crippen molar-refractivity contribution < 1.29 is 28.6 Å². The van der Waals surface area contributed by atoms with E-state index in [0.717, 1.165) is 11.1 Å². The second kappa shape index (κ2) is 14.8. The van der Waals surface area contributed by atoms with E-state index in [1.807, 2.05) is 63.2 Å². The Hall–Kier alpha value is -3.16. The third-order valence-corrected chi connectivity index (χ3v) is 6.02. The maximum Gasteiger partial charge on any atom is 0.330 e. The van der Waals surface area contributed by atoms with Gasteiger partial charge in [-0.25, -0.2) is 4.79 Å². The number of halogens is 1. The monoisotopic (exact) mass is 599 g/mol. The Balaban J connectivity index is 2.57. The first-order valence-corrected chi connectivity index (χ1v) is 14.6. The molecule has 0 aromatic heterocycles. The molecular weight excluding hydrogens is 554 g/mol. The third-order valence-electron chi connectivity index (χ3n) is 5.77. The van der Waals surface area contributed by atoms with Crippen LogP contribution in [0.5, 0.6) is 0 Å². The van der Waals surface area contributed by atoms with Gasteiger partial charge < -0.3 is 14.2 Å². The van der Waals surface area contributed by atoms with Gasteiger partial charge in [0.15, 0.2) is 5.92 Å². The molecule has 0 heterocycles. The summed E-state index contributed by atoms with van der Waals surface area (Å²) >= 11 is 6.22. The Morgan fingerprint density at radius 1 is 0.762 bits per heavy atom. The minimum atomic E-state index is -1.20. The van der Waals surface area contributed by atoms with E-state index in [9.17, 15) is 14.4 Å². The highest BCUT2D eigenvalue weighted by Gasteiger charge is 2.38. The van der Waals surface area contributed by atoms with Gasteiger partial charge in [-0.3, -0.25) is 14.5 Å². The number of hydrogen-bond acceptors (Lipinski definition) is 7. The number of rotatable bonds is 11. The molecule has 230 valence electrons. The fourth-order valence-corrected chi connectivity index (χ4v) is 4.30. The van der Waals surface area contributed by atoms with E-state index in [1.165, 1.54) is 6.08 Å². The highest BCUT2D eigenvalue weighted by Crippen LogP contribution is 2.33. The van der Waals surface area contributed by atoms with Crippen molar-refractivity contribution in [1.29, 1.82) is 0 Å². The van der Waals surface area contributed by atoms with E-state index in [-0.39, 0.29) is 6.42 Å². The van der Waals surface area contributed by atoms with Crippen molar-refractivity contribution in [2.45, 2.75) is 98.1 Å². The smallest absolute Gasteiger partial charge is 0.330 e. The average Bonchev–Trinajstić information content (AvgIpc) is 2.82. The maximum absolute atomic E-state index is 13.5. The molecule has 0 aliphatic carbocycles. The summed E-state index contributed by atoms with van der Waals surface area (Å²) in [6.45, 7) is 16.8. The lowest BCUT2D eigenvalue weighted by Crippen LogP contribution is -2.40. The number of ether oxygens (including phenoxy) is 3. The van der Waals surface area contributed by atoms with Gasteiger partial charge in [0.2, 0.25) is 0 Å². The van der Waals surface area contributed by atoms with Crippen molar-refractivity contribution in [2.75, 3.05) is 6.54 Å². The molecule has 0 spiro atoms. The van der Waals surface area contributed by atoms with Gasteiger partial charge in [0.05, 0.1) is 0 Å². The summed E-state index contributed by atoms with van der Waals surface area (Å²) in [5.41, 5.74) is -0.350. The molecule has 1 atom stereocenters. The number of hydrogen-bond donors (Lipinski definition) is 0. The summed E-state index contributed by atoms with van der Waals surface area (Å²) < 4.78 is 16.8. The van der Waals surface area contributed by atoms with E-state index in [1.54, 1.807) is 59.8 Å². The lowest BCUT2D eigenvalue weighted by molar-refractivity contribution is -0.175. The number of esters is 3. The second-order valence-corrected chi connectivity index (χ2v) is 13.7. The molecule has 0 bridgehead atoms. The first-order chi connectivity index (χ1) is 19.3. The summed E-state index contributed by atoms with van der Waals surface area (Å²) in [7, 11) is 0. The molecule has 0 unspecified atom stereocenters. The molecule has 0 aliphatic rings. The second-order valence-electron chi connectivity index (χ2n) is 13.3. The zero-order chi connectivity index (χ0) is 31.7. The van der Waals surface area contributed by atoms with Crippen molar-refractivity contribution in [1.82, 2.24) is 4.90 Å². The highest BCUT2D eigenvalue weighted by atomic mass is 35.5. The summed E-state index contributed by atoms with van der Waals surface area (Å²) in [5.74, 6) is -2.96. The Morgan fingerprint density at radius 2 is 1.26 bits per heavy atom. The lowest BCUT2D eigenvalue weighted by Gasteiger charge is -2.34. The van der Waals surface area contributed by atoms with Crippen molar-refractivity contribution in [3.63, 3.8) is 0 Å². The Bertz CT molecular complexity index is 1180. The molecule has 0 saturated carbocycles. The van der Waals surface area contributed by atoms with Crippen LogP contribution in [0.1, 0.15) is 85.9 Å². The van der Waals surface area contributed by atoms with Crippen molar-refractivity contribution >= 4 is 29.5 Å². The van der Waals surface area contributed by atoms with Crippen LogP contribution in [-0.2, 0) is 35.1 Å². The molecule has 0 aliphatic heterocycles. The molecule has 0 saturated heterocycles. The molecule has 0 N–H and O–H groups in total. The normalized spacial score (nSPS) is 13.3. The minimum Gasteiger partial charge on any atom is -0.459 e. The highest BCUT2D eigenvalue weighted by molar-refractivity contribution is 6.30. The summed E-state index contributed by atoms with van der Waals surface area (Å²) in [5, 5.41) is 0.563. The van der Waals surface area contributed by atoms with E-state index in [2.05, 4.69) is 4.90 Å². The molecule has 0 radical (unpaired) electrons. The first-order valence-electron chi connectivity index (χ1n) is 14.2. The van der Waals surface area contributed by atoms with Crippen LogP contribution in [0, 0.1) is 5.92 Å². The summed E-state index contributed by atoms with van der Waals surface area (Å²) in [6, 6.07) is 16.7. The Kier molecular flexibility index (Phi) is 12.4. The number of benzene rings is 2. The molecule has 2 aromatic carbocycles. The van der Waals surface area contributed by atoms with Gasteiger partial charge in [-0.2, -0.15) is 0 Å². The topological polar surface area (TPSA) is 82.1 Å². The van der Waals surface area contributed by atoms with Crippen LogP contribution in [0.3, 0.4) is 0 Å². The number of carbonyl (C=O) groups is 3. The fraction of sp³-hybridized carbons (Fsp3) is 0.500. The number of nitrogens with zero attached hydrogens (tertiary/aromatic N) is 1. The van der Waals surface area contributed by atoms with E-state index < -0.39 is 46.7 Å². The summed E-state index contributed by atoms with van der Waals surface area (Å²) in [4.78, 5) is 41.5. The molecule has 8 heteroatoms. The zero-order valence-electron chi connectivity index (χ0n) is 26.4. The molecule has 2 rings (SSSR count). The van der Waals surface area contributed by atoms with Gasteiger partial charge in [0, 0.05) is 30.2 Å². The average molecular weight is 600 g/mol. The molecule has 42 heavy (non-hydrogen) atoms. The molecule has 0 amide bonds. The van der Waals surface area contributed by atoms with Crippen LogP contribution in [0.15, 0.2) is 66.7 Å². The largest absolute Gasteiger partial charge is 0.459 e. The Labute approximate surface area is 256 Å². The van der Waals surface area contributed by atoms with Gasteiger partial charge in [0.25, 0.3) is 0 Å². The predicted octanol–water partition coefficient (Wildman–Crippen LogP) is 7.47. The van der Waals surface area contributed by atoms with Gasteiger partial charge in [-0.05, 0) is 92.0 Å². The van der Waals surface area contributed by atoms with Gasteiger partial charge in [-0.1, -0.05) is 60.1 Å². The number of carbonyl (C=O) groups excluding carboxylic acids is 3. The zero-order valence-corrected chi connectivity index (χ0v) is 27.2. The quantitative estimate of drug-likeness (QED) is 0.115. The van der Waals surface area contributed by atoms with Gasteiger partial charge in [-0.15, -0.1) is 0 Å². The van der Waals surface area contributed by atoms with E-state index in [0.29, 0.717) is 18.1 Å². The van der Waals surface area contributed by atoms with Crippen molar-refractivity contribution in [3.05, 3.63) is 82.9 Å². The minimum absolute atomic E-state index is 0.0819. The van der Waals surface area contributed by atoms with Crippen LogP contribution in [0.25, 0.3) is 0 Å². The van der Waals surface area contributed by atoms with E-state index >= 15 is 0 Å². The molecular formula is C34H46ClNO6. The van der Waals surface area contributed by atoms with Gasteiger partial charge in [0.1, 0.15) is 16.8 Å². The fourth-order valence-electron chi connectivity index (χ4n) is 4.18. The lowest BCUT2D eigenvalue weighted by atomic mass is 9.92. The van der Waals surface area contributed by atoms with Crippen LogP contribution in [0.4, 0.5) is 0 Å². The van der Waals surface area contributed by atoms with Gasteiger partial charge >= 0.3 is 17.9 Å². The van der Waals surface area contributed by atoms with Crippen LogP contribution in [0.2, 0.25) is 5.02 Å². The van der Waals surface area contributed by atoms with E-state index in [4.69, 9.17) is 25.8 Å². The maximum atomic E-state index is 13.5. The molecule has 7 nitrogen and oxygen atoms in total. The first kappa shape index (κ1) is 35.0. The standard InChI is InChI=1S/C34H46ClNO6/c1-32(2,3)40-29(37)16-13-21-36(23-24-14-11-10-12-15-24)28(25-17-19-26(35)20-18-25)22-27(30(38)41-33(4,5)6)31(39)42-34(7,8)9/h10-20,27-28H,21-23H2,1-9H3/b16-13-/t28-/m1/s1. The van der Waals surface area contributed by atoms with Crippen molar-refractivity contribution in [2.24, 2.45) is 5.92 Å². The third kappa shape index (κ3) is 13.2. The van der Waals surface area contributed by atoms with Crippen LogP contribution >= 0.6 is 11.6 Å². The predicted molar refractivity (Wildman–Crippen MR) is 166 cm³/mol. The van der Waals surface area contributed by atoms with Crippen molar-refractivity contribution in [3.8, 4) is 0 Å². The molecule has 0 fully saturated rings. The summed E-state index contributed by atoms with van der Waals surface area (Å²) in [6.07, 6.45) is 3.22. The Morgan fingerprint density at radius 3 is 1.74 bits per heavy atom.